The first-order chi connectivity index (χ1) is 14.1. The number of Topliss-reactive ketones (excluding diaryl/α,β-unsaturated/α-hetero) is 1. The first kappa shape index (κ1) is 21.1. The highest BCUT2D eigenvalue weighted by Gasteiger charge is 2.39. The van der Waals surface area contributed by atoms with Crippen LogP contribution in [0.2, 0.25) is 0 Å². The number of unbranched alkanes of at least 4 members (excludes halogenated alkanes) is 2. The smallest absolute Gasteiger partial charge is 0.161 e. The Hall–Kier alpha value is -1.13. The number of carbonyl (C=O) groups is 1. The fraction of sp³-hybridized carbons (Fsp3) is 0.640. The second kappa shape index (κ2) is 9.34. The Bertz CT molecular complexity index is 844. The quantitative estimate of drug-likeness (QED) is 0.304. The molecule has 0 unspecified atom stereocenters. The van der Waals surface area contributed by atoms with Crippen LogP contribution in [-0.4, -0.2) is 33.9 Å². The highest BCUT2D eigenvalue weighted by atomic mass is 79.9. The van der Waals surface area contributed by atoms with E-state index in [1.54, 1.807) is 6.92 Å². The Morgan fingerprint density at radius 3 is 2.55 bits per heavy atom. The van der Waals surface area contributed by atoms with Crippen LogP contribution in [-0.2, 0) is 6.54 Å². The SMILES string of the molecule is CCCCC[C@H]1C[C@H]2CC[C@@H](C1)N2CCCn1cc(C(C)=O)c2cccc(Br)c21. The van der Waals surface area contributed by atoms with Crippen molar-refractivity contribution in [3.63, 3.8) is 0 Å². The molecule has 0 spiro atoms. The zero-order valence-electron chi connectivity index (χ0n) is 18.0. The van der Waals surface area contributed by atoms with Crippen LogP contribution in [0.1, 0.15) is 82.0 Å². The lowest BCUT2D eigenvalue weighted by Gasteiger charge is -2.39. The molecule has 1 aromatic carbocycles. The average molecular weight is 459 g/mol. The number of piperidine rings is 1. The van der Waals surface area contributed by atoms with Crippen LogP contribution in [0.3, 0.4) is 0 Å². The first-order valence-electron chi connectivity index (χ1n) is 11.6. The number of aromatic nitrogens is 1. The zero-order valence-corrected chi connectivity index (χ0v) is 19.6. The number of hydrogen-bond donors (Lipinski definition) is 0. The number of halogens is 1. The minimum absolute atomic E-state index is 0.148. The largest absolute Gasteiger partial charge is 0.346 e. The molecule has 4 rings (SSSR count). The highest BCUT2D eigenvalue weighted by molar-refractivity contribution is 9.10. The summed E-state index contributed by atoms with van der Waals surface area (Å²) in [5.41, 5.74) is 2.00. The number of benzene rings is 1. The Labute approximate surface area is 184 Å². The second-order valence-corrected chi connectivity index (χ2v) is 10.1. The van der Waals surface area contributed by atoms with Gasteiger partial charge in [0, 0.05) is 46.8 Å². The lowest BCUT2D eigenvalue weighted by Crippen LogP contribution is -2.43. The van der Waals surface area contributed by atoms with Crippen LogP contribution < -0.4 is 0 Å². The molecule has 2 saturated heterocycles. The molecule has 2 aliphatic heterocycles. The van der Waals surface area contributed by atoms with E-state index in [1.807, 2.05) is 6.07 Å². The van der Waals surface area contributed by atoms with Crippen molar-refractivity contribution in [2.45, 2.75) is 90.3 Å². The summed E-state index contributed by atoms with van der Waals surface area (Å²) in [5.74, 6) is 1.12. The predicted octanol–water partition coefficient (Wildman–Crippen LogP) is 6.82. The van der Waals surface area contributed by atoms with Crippen LogP contribution >= 0.6 is 15.9 Å². The third kappa shape index (κ3) is 4.49. The summed E-state index contributed by atoms with van der Waals surface area (Å²) in [6.07, 6.45) is 14.5. The van der Waals surface area contributed by atoms with Crippen molar-refractivity contribution in [2.75, 3.05) is 6.54 Å². The molecule has 3 nitrogen and oxygen atoms in total. The van der Waals surface area contributed by atoms with Crippen molar-refractivity contribution in [3.05, 3.63) is 34.4 Å². The second-order valence-electron chi connectivity index (χ2n) is 9.24. The van der Waals surface area contributed by atoms with E-state index in [0.717, 1.165) is 51.9 Å². The topological polar surface area (TPSA) is 25.2 Å². The van der Waals surface area contributed by atoms with Crippen LogP contribution in [0.25, 0.3) is 10.9 Å². The maximum absolute atomic E-state index is 12.1. The lowest BCUT2D eigenvalue weighted by molar-refractivity contribution is 0.0966. The zero-order chi connectivity index (χ0) is 20.4. The van der Waals surface area contributed by atoms with E-state index >= 15 is 0 Å². The van der Waals surface area contributed by atoms with E-state index in [1.165, 1.54) is 57.9 Å². The third-order valence-corrected chi connectivity index (χ3v) is 7.88. The molecule has 2 bridgehead atoms. The normalized spacial score (nSPS) is 24.4. The van der Waals surface area contributed by atoms with Gasteiger partial charge >= 0.3 is 0 Å². The number of ketones is 1. The molecule has 2 aliphatic rings. The van der Waals surface area contributed by atoms with Gasteiger partial charge in [-0.3, -0.25) is 9.69 Å². The summed E-state index contributed by atoms with van der Waals surface area (Å²) in [6, 6.07) is 7.80. The molecule has 3 heterocycles. The standard InChI is InChI=1S/C25H35BrN2O/c1-3-4-5-8-19-15-20-11-12-21(16-19)28(20)14-7-13-27-17-23(18(2)29)22-9-6-10-24(26)25(22)27/h6,9-10,17,19-21H,3-5,7-8,11-16H2,1-2H3/t19-,20+,21-. The first-order valence-corrected chi connectivity index (χ1v) is 12.4. The molecule has 1 aromatic heterocycles. The minimum Gasteiger partial charge on any atom is -0.346 e. The van der Waals surface area contributed by atoms with Gasteiger partial charge in [0.15, 0.2) is 5.78 Å². The van der Waals surface area contributed by atoms with E-state index in [4.69, 9.17) is 0 Å². The molecule has 158 valence electrons. The van der Waals surface area contributed by atoms with Gasteiger partial charge in [-0.25, -0.2) is 0 Å². The van der Waals surface area contributed by atoms with Gasteiger partial charge in [0.25, 0.3) is 0 Å². The van der Waals surface area contributed by atoms with Gasteiger partial charge in [-0.05, 0) is 66.9 Å². The van der Waals surface area contributed by atoms with E-state index in [9.17, 15) is 4.79 Å². The Morgan fingerprint density at radius 2 is 1.86 bits per heavy atom. The summed E-state index contributed by atoms with van der Waals surface area (Å²) in [5, 5.41) is 1.07. The van der Waals surface area contributed by atoms with E-state index in [0.29, 0.717) is 0 Å². The van der Waals surface area contributed by atoms with Crippen LogP contribution in [0.15, 0.2) is 28.9 Å². The van der Waals surface area contributed by atoms with Crippen molar-refractivity contribution in [2.24, 2.45) is 5.92 Å². The molecule has 0 amide bonds. The van der Waals surface area contributed by atoms with Gasteiger partial charge < -0.3 is 4.57 Å². The van der Waals surface area contributed by atoms with Gasteiger partial charge in [0.1, 0.15) is 0 Å². The molecule has 0 saturated carbocycles. The summed E-state index contributed by atoms with van der Waals surface area (Å²) >= 11 is 3.70. The van der Waals surface area contributed by atoms with Crippen molar-refractivity contribution < 1.29 is 4.79 Å². The number of carbonyl (C=O) groups excluding carboxylic acids is 1. The molecular weight excluding hydrogens is 424 g/mol. The third-order valence-electron chi connectivity index (χ3n) is 7.24. The molecule has 29 heavy (non-hydrogen) atoms. The van der Waals surface area contributed by atoms with Gasteiger partial charge in [-0.15, -0.1) is 0 Å². The maximum atomic E-state index is 12.1. The highest BCUT2D eigenvalue weighted by Crippen LogP contribution is 2.40. The van der Waals surface area contributed by atoms with Crippen molar-refractivity contribution in [1.82, 2.24) is 9.47 Å². The van der Waals surface area contributed by atoms with E-state index in [-0.39, 0.29) is 5.78 Å². The molecule has 0 radical (unpaired) electrons. The fourth-order valence-electron chi connectivity index (χ4n) is 5.87. The van der Waals surface area contributed by atoms with E-state index < -0.39 is 0 Å². The van der Waals surface area contributed by atoms with Gasteiger partial charge in [-0.2, -0.15) is 0 Å². The summed E-state index contributed by atoms with van der Waals surface area (Å²) in [4.78, 5) is 14.9. The molecule has 0 aliphatic carbocycles. The van der Waals surface area contributed by atoms with Crippen molar-refractivity contribution >= 4 is 32.6 Å². The number of nitrogens with zero attached hydrogens (tertiary/aromatic N) is 2. The molecule has 3 atom stereocenters. The average Bonchev–Trinajstić information content (AvgIpc) is 3.18. The van der Waals surface area contributed by atoms with Gasteiger partial charge in [0.05, 0.1) is 5.52 Å². The number of aryl methyl sites for hydroxylation is 1. The number of fused-ring (bicyclic) bond motifs is 3. The lowest BCUT2D eigenvalue weighted by atomic mass is 9.86. The van der Waals surface area contributed by atoms with Crippen molar-refractivity contribution in [1.29, 1.82) is 0 Å². The molecule has 2 fully saturated rings. The molecular formula is C25H35BrN2O. The Balaban J connectivity index is 1.37. The van der Waals surface area contributed by atoms with Gasteiger partial charge in [0.2, 0.25) is 0 Å². The summed E-state index contributed by atoms with van der Waals surface area (Å²) in [7, 11) is 0. The van der Waals surface area contributed by atoms with Gasteiger partial charge in [-0.1, -0.05) is 44.7 Å². The molecule has 2 aromatic rings. The van der Waals surface area contributed by atoms with Crippen LogP contribution in [0.5, 0.6) is 0 Å². The number of rotatable bonds is 9. The molecule has 4 heteroatoms. The summed E-state index contributed by atoms with van der Waals surface area (Å²) < 4.78 is 3.37. The van der Waals surface area contributed by atoms with Crippen molar-refractivity contribution in [3.8, 4) is 0 Å². The monoisotopic (exact) mass is 458 g/mol. The number of para-hydroxylation sites is 1. The number of hydrogen-bond acceptors (Lipinski definition) is 2. The van der Waals surface area contributed by atoms with Crippen LogP contribution in [0.4, 0.5) is 0 Å². The predicted molar refractivity (Wildman–Crippen MR) is 125 cm³/mol. The van der Waals surface area contributed by atoms with Crippen LogP contribution in [0, 0.1) is 5.92 Å². The van der Waals surface area contributed by atoms with E-state index in [2.05, 4.69) is 50.7 Å². The minimum atomic E-state index is 0.148. The Morgan fingerprint density at radius 1 is 1.10 bits per heavy atom. The molecule has 0 N–H and O–H groups in total. The Kier molecular flexibility index (Phi) is 6.80. The fourth-order valence-corrected chi connectivity index (χ4v) is 6.46. The maximum Gasteiger partial charge on any atom is 0.161 e. The summed E-state index contributed by atoms with van der Waals surface area (Å²) in [6.45, 7) is 6.14.